The second-order valence-electron chi connectivity index (χ2n) is 4.19. The number of hydrogen-bond donors (Lipinski definition) is 2. The first-order chi connectivity index (χ1) is 8.99. The Morgan fingerprint density at radius 2 is 2.21 bits per heavy atom. The third kappa shape index (κ3) is 2.93. The van der Waals surface area contributed by atoms with Gasteiger partial charge in [0.05, 0.1) is 22.0 Å². The molecule has 7 heteroatoms. The van der Waals surface area contributed by atoms with Crippen LogP contribution in [0.3, 0.4) is 0 Å². The predicted octanol–water partition coefficient (Wildman–Crippen LogP) is 3.31. The number of H-pyrrole nitrogens is 1. The predicted molar refractivity (Wildman–Crippen MR) is 76.2 cm³/mol. The fourth-order valence-corrected chi connectivity index (χ4v) is 2.28. The van der Waals surface area contributed by atoms with Gasteiger partial charge in [0, 0.05) is 22.6 Å². The van der Waals surface area contributed by atoms with Crippen LogP contribution < -0.4 is 5.32 Å². The molecule has 0 aliphatic heterocycles. The SMILES string of the molecule is Cc1n[nH]c(C)c1NCc1cc(Br)ccc1[N+](=O)[O-]. The van der Waals surface area contributed by atoms with Crippen molar-refractivity contribution in [3.8, 4) is 0 Å². The number of benzene rings is 1. The molecule has 0 atom stereocenters. The molecular formula is C12H13BrN4O2. The van der Waals surface area contributed by atoms with E-state index in [0.29, 0.717) is 12.1 Å². The molecule has 2 aromatic rings. The average molecular weight is 325 g/mol. The summed E-state index contributed by atoms with van der Waals surface area (Å²) in [5, 5.41) is 21.1. The van der Waals surface area contributed by atoms with E-state index >= 15 is 0 Å². The van der Waals surface area contributed by atoms with Crippen LogP contribution in [0.5, 0.6) is 0 Å². The van der Waals surface area contributed by atoms with Crippen LogP contribution in [-0.4, -0.2) is 15.1 Å². The first kappa shape index (κ1) is 13.5. The molecule has 100 valence electrons. The Morgan fingerprint density at radius 1 is 1.47 bits per heavy atom. The third-order valence-electron chi connectivity index (χ3n) is 2.82. The Morgan fingerprint density at radius 3 is 2.79 bits per heavy atom. The highest BCUT2D eigenvalue weighted by Crippen LogP contribution is 2.25. The molecule has 0 saturated heterocycles. The molecule has 0 aliphatic carbocycles. The van der Waals surface area contributed by atoms with E-state index in [0.717, 1.165) is 21.5 Å². The average Bonchev–Trinajstić information content (AvgIpc) is 2.66. The first-order valence-corrected chi connectivity index (χ1v) is 6.46. The van der Waals surface area contributed by atoms with Gasteiger partial charge in [0.15, 0.2) is 0 Å². The molecule has 0 aliphatic rings. The van der Waals surface area contributed by atoms with E-state index < -0.39 is 0 Å². The van der Waals surface area contributed by atoms with E-state index in [1.165, 1.54) is 6.07 Å². The molecule has 0 spiro atoms. The van der Waals surface area contributed by atoms with E-state index in [2.05, 4.69) is 31.4 Å². The number of aromatic amines is 1. The van der Waals surface area contributed by atoms with Gasteiger partial charge in [0.1, 0.15) is 0 Å². The van der Waals surface area contributed by atoms with E-state index in [4.69, 9.17) is 0 Å². The highest BCUT2D eigenvalue weighted by atomic mass is 79.9. The highest BCUT2D eigenvalue weighted by molar-refractivity contribution is 9.10. The number of nitrogens with one attached hydrogen (secondary N) is 2. The number of rotatable bonds is 4. The van der Waals surface area contributed by atoms with Crippen LogP contribution in [0, 0.1) is 24.0 Å². The summed E-state index contributed by atoms with van der Waals surface area (Å²) in [7, 11) is 0. The molecule has 0 amide bonds. The zero-order valence-corrected chi connectivity index (χ0v) is 12.1. The molecule has 0 radical (unpaired) electrons. The van der Waals surface area contributed by atoms with E-state index in [9.17, 15) is 10.1 Å². The fourth-order valence-electron chi connectivity index (χ4n) is 1.87. The zero-order chi connectivity index (χ0) is 14.0. The summed E-state index contributed by atoms with van der Waals surface area (Å²) in [6.07, 6.45) is 0. The van der Waals surface area contributed by atoms with Crippen molar-refractivity contribution in [3.05, 3.63) is 49.7 Å². The van der Waals surface area contributed by atoms with Crippen LogP contribution in [0.1, 0.15) is 17.0 Å². The largest absolute Gasteiger partial charge is 0.378 e. The molecular weight excluding hydrogens is 312 g/mol. The van der Waals surface area contributed by atoms with E-state index in [1.54, 1.807) is 12.1 Å². The maximum absolute atomic E-state index is 11.0. The van der Waals surface area contributed by atoms with Gasteiger partial charge < -0.3 is 5.32 Å². The maximum atomic E-state index is 11.0. The second kappa shape index (κ2) is 5.40. The van der Waals surface area contributed by atoms with Crippen molar-refractivity contribution in [2.75, 3.05) is 5.32 Å². The summed E-state index contributed by atoms with van der Waals surface area (Å²) in [5.41, 5.74) is 3.37. The smallest absolute Gasteiger partial charge is 0.274 e. The molecule has 19 heavy (non-hydrogen) atoms. The lowest BCUT2D eigenvalue weighted by atomic mass is 10.1. The van der Waals surface area contributed by atoms with Crippen LogP contribution >= 0.6 is 15.9 Å². The number of halogens is 1. The second-order valence-corrected chi connectivity index (χ2v) is 5.11. The van der Waals surface area contributed by atoms with Gasteiger partial charge in [-0.15, -0.1) is 0 Å². The standard InChI is InChI=1S/C12H13BrN4O2/c1-7-12(8(2)16-15-7)14-6-9-5-10(13)3-4-11(9)17(18)19/h3-5,14H,6H2,1-2H3,(H,15,16). The molecule has 0 saturated carbocycles. The van der Waals surface area contributed by atoms with E-state index in [1.807, 2.05) is 13.8 Å². The Labute approximate surface area is 118 Å². The van der Waals surface area contributed by atoms with Gasteiger partial charge in [-0.3, -0.25) is 15.2 Å². The fraction of sp³-hybridized carbons (Fsp3) is 0.250. The highest BCUT2D eigenvalue weighted by Gasteiger charge is 2.14. The van der Waals surface area contributed by atoms with Crippen molar-refractivity contribution in [1.29, 1.82) is 0 Å². The van der Waals surface area contributed by atoms with Gasteiger partial charge in [-0.2, -0.15) is 5.10 Å². The van der Waals surface area contributed by atoms with Crippen LogP contribution in [0.25, 0.3) is 0 Å². The number of hydrogen-bond acceptors (Lipinski definition) is 4. The molecule has 1 heterocycles. The van der Waals surface area contributed by atoms with Gasteiger partial charge in [-0.25, -0.2) is 0 Å². The number of aryl methyl sites for hydroxylation is 2. The normalized spacial score (nSPS) is 10.5. The molecule has 2 N–H and O–H groups in total. The minimum absolute atomic E-state index is 0.106. The summed E-state index contributed by atoms with van der Waals surface area (Å²) >= 11 is 3.32. The first-order valence-electron chi connectivity index (χ1n) is 5.67. The van der Waals surface area contributed by atoms with Crippen LogP contribution in [0.2, 0.25) is 0 Å². The Bertz CT molecular complexity index is 605. The maximum Gasteiger partial charge on any atom is 0.274 e. The summed E-state index contributed by atoms with van der Waals surface area (Å²) in [4.78, 5) is 10.6. The van der Waals surface area contributed by atoms with Gasteiger partial charge in [0.2, 0.25) is 0 Å². The van der Waals surface area contributed by atoms with Crippen molar-refractivity contribution >= 4 is 27.3 Å². The van der Waals surface area contributed by atoms with Gasteiger partial charge in [-0.1, -0.05) is 15.9 Å². The minimum atomic E-state index is -0.376. The van der Waals surface area contributed by atoms with Crippen LogP contribution in [0.15, 0.2) is 22.7 Å². The quantitative estimate of drug-likeness (QED) is 0.667. The Balaban J connectivity index is 2.24. The van der Waals surface area contributed by atoms with Gasteiger partial charge in [-0.05, 0) is 26.0 Å². The van der Waals surface area contributed by atoms with Crippen molar-refractivity contribution in [2.45, 2.75) is 20.4 Å². The van der Waals surface area contributed by atoms with Gasteiger partial charge in [0.25, 0.3) is 5.69 Å². The molecule has 6 nitrogen and oxygen atoms in total. The lowest BCUT2D eigenvalue weighted by Gasteiger charge is -2.07. The molecule has 1 aromatic carbocycles. The molecule has 0 bridgehead atoms. The van der Waals surface area contributed by atoms with Crippen LogP contribution in [0.4, 0.5) is 11.4 Å². The Hall–Kier alpha value is -1.89. The van der Waals surface area contributed by atoms with Crippen molar-refractivity contribution in [2.24, 2.45) is 0 Å². The van der Waals surface area contributed by atoms with Crippen molar-refractivity contribution in [1.82, 2.24) is 10.2 Å². The monoisotopic (exact) mass is 324 g/mol. The van der Waals surface area contributed by atoms with Crippen molar-refractivity contribution < 1.29 is 4.92 Å². The number of nitro benzene ring substituents is 1. The zero-order valence-electron chi connectivity index (χ0n) is 10.5. The van der Waals surface area contributed by atoms with E-state index in [-0.39, 0.29) is 10.6 Å². The Kier molecular flexibility index (Phi) is 3.84. The van der Waals surface area contributed by atoms with Gasteiger partial charge >= 0.3 is 0 Å². The summed E-state index contributed by atoms with van der Waals surface area (Å²) in [5.74, 6) is 0. The lowest BCUT2D eigenvalue weighted by molar-refractivity contribution is -0.385. The van der Waals surface area contributed by atoms with Crippen molar-refractivity contribution in [3.63, 3.8) is 0 Å². The molecule has 0 fully saturated rings. The number of anilines is 1. The minimum Gasteiger partial charge on any atom is -0.378 e. The number of nitro groups is 1. The third-order valence-corrected chi connectivity index (χ3v) is 3.32. The van der Waals surface area contributed by atoms with Crippen LogP contribution in [-0.2, 0) is 6.54 Å². The topological polar surface area (TPSA) is 83.8 Å². The summed E-state index contributed by atoms with van der Waals surface area (Å²) in [6.45, 7) is 4.15. The number of nitrogens with zero attached hydrogens (tertiary/aromatic N) is 2. The molecule has 0 unspecified atom stereocenters. The lowest BCUT2D eigenvalue weighted by Crippen LogP contribution is -2.04. The number of aromatic nitrogens is 2. The molecule has 2 rings (SSSR count). The molecule has 1 aromatic heterocycles. The summed E-state index contributed by atoms with van der Waals surface area (Å²) in [6, 6.07) is 4.90. The summed E-state index contributed by atoms with van der Waals surface area (Å²) < 4.78 is 0.815.